The van der Waals surface area contributed by atoms with Crippen LogP contribution in [0.3, 0.4) is 0 Å². The standard InChI is InChI=1S/C28H34N2O5/c1-27(2,3)23(24(31)30-15-13-28(4,14-16-30)25(32)33)29-26(34)35-17-22-20-11-7-5-9-18(20)19-10-6-8-12-21(19)22/h5-12,22-23H,13-17H2,1-4H3,(H,29,34)(H,32,33). The number of ether oxygens (including phenoxy) is 1. The number of likely N-dealkylation sites (tertiary alicyclic amines) is 1. The first kappa shape index (κ1) is 24.8. The van der Waals surface area contributed by atoms with Gasteiger partial charge in [-0.1, -0.05) is 69.3 Å². The van der Waals surface area contributed by atoms with Gasteiger partial charge in [-0.3, -0.25) is 9.59 Å². The molecule has 0 radical (unpaired) electrons. The largest absolute Gasteiger partial charge is 0.481 e. The molecule has 2 N–H and O–H groups in total. The van der Waals surface area contributed by atoms with E-state index in [4.69, 9.17) is 4.74 Å². The summed E-state index contributed by atoms with van der Waals surface area (Å²) in [7, 11) is 0. The van der Waals surface area contributed by atoms with Gasteiger partial charge in [0.1, 0.15) is 12.6 Å². The number of alkyl carbamates (subject to hydrolysis) is 1. The van der Waals surface area contributed by atoms with Crippen molar-refractivity contribution < 1.29 is 24.2 Å². The number of hydrogen-bond donors (Lipinski definition) is 2. The molecule has 1 heterocycles. The highest BCUT2D eigenvalue weighted by atomic mass is 16.5. The second-order valence-electron chi connectivity index (χ2n) is 11.0. The Morgan fingerprint density at radius 1 is 1.03 bits per heavy atom. The predicted octanol–water partition coefficient (Wildman–Crippen LogP) is 4.65. The molecular weight excluding hydrogens is 444 g/mol. The van der Waals surface area contributed by atoms with Crippen molar-refractivity contribution in [2.45, 2.75) is 52.5 Å². The molecule has 2 aliphatic rings. The van der Waals surface area contributed by atoms with Crippen LogP contribution in [0.25, 0.3) is 11.1 Å². The lowest BCUT2D eigenvalue weighted by Crippen LogP contribution is -2.57. The Hall–Kier alpha value is -3.35. The summed E-state index contributed by atoms with van der Waals surface area (Å²) in [5, 5.41) is 12.3. The van der Waals surface area contributed by atoms with Gasteiger partial charge in [0.15, 0.2) is 0 Å². The monoisotopic (exact) mass is 478 g/mol. The number of amides is 2. The molecule has 1 unspecified atom stereocenters. The Morgan fingerprint density at radius 3 is 2.03 bits per heavy atom. The average molecular weight is 479 g/mol. The lowest BCUT2D eigenvalue weighted by Gasteiger charge is -2.40. The number of fused-ring (bicyclic) bond motifs is 3. The minimum atomic E-state index is -0.839. The Morgan fingerprint density at radius 2 is 1.54 bits per heavy atom. The van der Waals surface area contributed by atoms with Gasteiger partial charge in [-0.15, -0.1) is 0 Å². The fourth-order valence-electron chi connectivity index (χ4n) is 5.02. The van der Waals surface area contributed by atoms with Gasteiger partial charge in [-0.25, -0.2) is 4.79 Å². The highest BCUT2D eigenvalue weighted by Crippen LogP contribution is 2.44. The highest BCUT2D eigenvalue weighted by Gasteiger charge is 2.42. The fraction of sp³-hybridized carbons (Fsp3) is 0.464. The van der Waals surface area contributed by atoms with E-state index < -0.39 is 28.9 Å². The van der Waals surface area contributed by atoms with Crippen molar-refractivity contribution >= 4 is 18.0 Å². The Labute approximate surface area is 206 Å². The first-order valence-corrected chi connectivity index (χ1v) is 12.1. The lowest BCUT2D eigenvalue weighted by molar-refractivity contribution is -0.153. The zero-order valence-corrected chi connectivity index (χ0v) is 20.8. The van der Waals surface area contributed by atoms with E-state index in [1.165, 1.54) is 0 Å². The number of nitrogens with one attached hydrogen (secondary N) is 1. The van der Waals surface area contributed by atoms with Crippen LogP contribution in [0.4, 0.5) is 4.79 Å². The zero-order chi connectivity index (χ0) is 25.4. The van der Waals surface area contributed by atoms with Crippen LogP contribution in [-0.2, 0) is 14.3 Å². The molecule has 0 spiro atoms. The molecule has 1 atom stereocenters. The normalized spacial score (nSPS) is 17.8. The van der Waals surface area contributed by atoms with Crippen molar-refractivity contribution in [3.8, 4) is 11.1 Å². The number of hydrogen-bond acceptors (Lipinski definition) is 4. The van der Waals surface area contributed by atoms with Crippen molar-refractivity contribution in [2.75, 3.05) is 19.7 Å². The molecule has 7 nitrogen and oxygen atoms in total. The average Bonchev–Trinajstić information content (AvgIpc) is 3.14. The summed E-state index contributed by atoms with van der Waals surface area (Å²) in [4.78, 5) is 39.4. The van der Waals surface area contributed by atoms with E-state index in [1.807, 2.05) is 45.0 Å². The summed E-state index contributed by atoms with van der Waals surface area (Å²) in [6.07, 6.45) is 0.138. The topological polar surface area (TPSA) is 95.9 Å². The summed E-state index contributed by atoms with van der Waals surface area (Å²) >= 11 is 0. The highest BCUT2D eigenvalue weighted by molar-refractivity contribution is 5.87. The summed E-state index contributed by atoms with van der Waals surface area (Å²) in [6.45, 7) is 8.26. The molecule has 1 aliphatic carbocycles. The minimum absolute atomic E-state index is 0.0623. The molecule has 0 aromatic heterocycles. The lowest BCUT2D eigenvalue weighted by atomic mass is 9.79. The molecule has 0 saturated carbocycles. The first-order valence-electron chi connectivity index (χ1n) is 12.1. The van der Waals surface area contributed by atoms with E-state index >= 15 is 0 Å². The maximum Gasteiger partial charge on any atom is 0.407 e. The molecule has 2 aromatic rings. The van der Waals surface area contributed by atoms with Gasteiger partial charge in [0, 0.05) is 19.0 Å². The van der Waals surface area contributed by atoms with Gasteiger partial charge in [-0.2, -0.15) is 0 Å². The van der Waals surface area contributed by atoms with Gasteiger partial charge in [-0.05, 0) is 47.4 Å². The van der Waals surface area contributed by atoms with Gasteiger partial charge in [0.25, 0.3) is 0 Å². The molecule has 1 aliphatic heterocycles. The maximum atomic E-state index is 13.4. The van der Waals surface area contributed by atoms with Crippen LogP contribution < -0.4 is 5.32 Å². The van der Waals surface area contributed by atoms with Crippen LogP contribution >= 0.6 is 0 Å². The molecule has 1 saturated heterocycles. The quantitative estimate of drug-likeness (QED) is 0.652. The summed E-state index contributed by atoms with van der Waals surface area (Å²) in [5.41, 5.74) is 3.18. The molecule has 1 fully saturated rings. The molecule has 4 rings (SSSR count). The Bertz CT molecular complexity index is 1080. The number of benzene rings is 2. The second kappa shape index (κ2) is 9.36. The van der Waals surface area contributed by atoms with Gasteiger partial charge >= 0.3 is 12.1 Å². The van der Waals surface area contributed by atoms with Crippen LogP contribution in [0.2, 0.25) is 0 Å². The fourth-order valence-corrected chi connectivity index (χ4v) is 5.02. The van der Waals surface area contributed by atoms with Crippen LogP contribution in [0.1, 0.15) is 57.6 Å². The number of aliphatic carboxylic acids is 1. The first-order chi connectivity index (χ1) is 16.5. The molecule has 7 heteroatoms. The van der Waals surface area contributed by atoms with E-state index in [9.17, 15) is 19.5 Å². The van der Waals surface area contributed by atoms with Crippen molar-refractivity contribution in [1.82, 2.24) is 10.2 Å². The number of carbonyl (C=O) groups excluding carboxylic acids is 2. The molecule has 186 valence electrons. The molecule has 0 bridgehead atoms. The molecule has 35 heavy (non-hydrogen) atoms. The number of piperidine rings is 1. The Balaban J connectivity index is 1.42. The SMILES string of the molecule is CC1(C(=O)O)CCN(C(=O)C(NC(=O)OCC2c3ccccc3-c3ccccc32)C(C)(C)C)CC1. The summed E-state index contributed by atoms with van der Waals surface area (Å²) < 4.78 is 5.67. The third-order valence-corrected chi connectivity index (χ3v) is 7.41. The maximum absolute atomic E-state index is 13.4. The number of rotatable bonds is 5. The number of carbonyl (C=O) groups is 3. The van der Waals surface area contributed by atoms with E-state index in [2.05, 4.69) is 29.6 Å². The number of carboxylic acid groups (broad SMARTS) is 1. The van der Waals surface area contributed by atoms with Crippen molar-refractivity contribution in [2.24, 2.45) is 10.8 Å². The predicted molar refractivity (Wildman–Crippen MR) is 133 cm³/mol. The molecule has 2 aromatic carbocycles. The van der Waals surface area contributed by atoms with E-state index in [0.717, 1.165) is 22.3 Å². The summed E-state index contributed by atoms with van der Waals surface area (Å²) in [5.74, 6) is -1.11. The van der Waals surface area contributed by atoms with Crippen LogP contribution in [0, 0.1) is 10.8 Å². The molecule has 2 amide bonds. The van der Waals surface area contributed by atoms with Crippen molar-refractivity contribution in [3.05, 3.63) is 59.7 Å². The van der Waals surface area contributed by atoms with Gasteiger partial charge in [0.2, 0.25) is 5.91 Å². The van der Waals surface area contributed by atoms with Crippen molar-refractivity contribution in [1.29, 1.82) is 0 Å². The van der Waals surface area contributed by atoms with Crippen LogP contribution in [-0.4, -0.2) is 53.7 Å². The molecular formula is C28H34N2O5. The van der Waals surface area contributed by atoms with E-state index in [0.29, 0.717) is 25.9 Å². The van der Waals surface area contributed by atoms with Crippen LogP contribution in [0.5, 0.6) is 0 Å². The van der Waals surface area contributed by atoms with Gasteiger partial charge in [0.05, 0.1) is 5.41 Å². The summed E-state index contributed by atoms with van der Waals surface area (Å²) in [6, 6.07) is 15.5. The number of carboxylic acids is 1. The van der Waals surface area contributed by atoms with Crippen LogP contribution in [0.15, 0.2) is 48.5 Å². The third-order valence-electron chi connectivity index (χ3n) is 7.41. The smallest absolute Gasteiger partial charge is 0.407 e. The van der Waals surface area contributed by atoms with E-state index in [1.54, 1.807) is 11.8 Å². The second-order valence-corrected chi connectivity index (χ2v) is 11.0. The Kier molecular flexibility index (Phi) is 6.62. The number of nitrogens with zero attached hydrogens (tertiary/aromatic N) is 1. The van der Waals surface area contributed by atoms with Gasteiger partial charge < -0.3 is 20.1 Å². The van der Waals surface area contributed by atoms with E-state index in [-0.39, 0.29) is 18.4 Å². The zero-order valence-electron chi connectivity index (χ0n) is 20.8. The third kappa shape index (κ3) is 4.90. The minimum Gasteiger partial charge on any atom is -0.481 e. The van der Waals surface area contributed by atoms with Crippen molar-refractivity contribution in [3.63, 3.8) is 0 Å².